The zero-order valence-electron chi connectivity index (χ0n) is 14.9. The first-order valence-corrected chi connectivity index (χ1v) is 8.63. The molecule has 14 heteroatoms. The average Bonchev–Trinajstić information content (AvgIpc) is 2.58. The molecule has 0 aromatic carbocycles. The molecule has 1 aromatic heterocycles. The summed E-state index contributed by atoms with van der Waals surface area (Å²) in [5.74, 6) is -4.41. The Hall–Kier alpha value is -2.18. The minimum Gasteiger partial charge on any atom is -0.343 e. The van der Waals surface area contributed by atoms with Crippen LogP contribution in [-0.4, -0.2) is 50.5 Å². The van der Waals surface area contributed by atoms with Crippen LogP contribution in [0.15, 0.2) is 5.83 Å². The highest BCUT2D eigenvalue weighted by molar-refractivity contribution is 6.34. The number of alkyl halides is 7. The first kappa shape index (κ1) is 23.1. The fourth-order valence-electron chi connectivity index (χ4n) is 2.20. The average molecular weight is 450 g/mol. The first-order chi connectivity index (χ1) is 13.2. The fraction of sp³-hybridized carbons (Fsp3) is 0.600. The van der Waals surface area contributed by atoms with E-state index in [1.807, 2.05) is 10.6 Å². The molecular weight excluding hydrogens is 435 g/mol. The van der Waals surface area contributed by atoms with Crippen LogP contribution in [0, 0.1) is 0 Å². The largest absolute Gasteiger partial charge is 0.408 e. The minimum atomic E-state index is -4.71. The summed E-state index contributed by atoms with van der Waals surface area (Å²) in [6.45, 7) is 1.47. The predicted octanol–water partition coefficient (Wildman–Crippen LogP) is 4.25. The molecule has 29 heavy (non-hydrogen) atoms. The Morgan fingerprint density at radius 2 is 1.41 bits per heavy atom. The van der Waals surface area contributed by atoms with Crippen LogP contribution in [0.3, 0.4) is 0 Å². The molecule has 0 saturated carbocycles. The van der Waals surface area contributed by atoms with E-state index in [0.29, 0.717) is 0 Å². The number of nitrogens with one attached hydrogen (secondary N) is 2. The summed E-state index contributed by atoms with van der Waals surface area (Å²) >= 11 is 5.66. The lowest BCUT2D eigenvalue weighted by atomic mass is 9.96. The first-order valence-electron chi connectivity index (χ1n) is 8.20. The molecule has 1 aliphatic rings. The topological polar surface area (TPSA) is 79.8 Å². The Kier molecular flexibility index (Phi) is 6.60. The van der Waals surface area contributed by atoms with Crippen LogP contribution in [-0.2, 0) is 4.79 Å². The molecule has 1 aliphatic carbocycles. The number of rotatable bonds is 5. The van der Waals surface area contributed by atoms with E-state index in [-0.39, 0.29) is 18.4 Å². The molecule has 0 spiro atoms. The van der Waals surface area contributed by atoms with Crippen LogP contribution < -0.4 is 10.6 Å². The van der Waals surface area contributed by atoms with Gasteiger partial charge < -0.3 is 10.6 Å². The summed E-state index contributed by atoms with van der Waals surface area (Å²) in [4.78, 5) is 22.5. The SMILES string of the molecule is CC(Nc1nc(NC(C)C(F)(F)F)nc(C2=C(F)C(=O)C(Cl)CC2)n1)C(F)(F)F. The number of hydrogen-bond acceptors (Lipinski definition) is 6. The Morgan fingerprint density at radius 3 is 1.83 bits per heavy atom. The molecular formula is C15H15ClF7N5O. The van der Waals surface area contributed by atoms with Gasteiger partial charge in [-0.2, -0.15) is 41.3 Å². The molecule has 6 nitrogen and oxygen atoms in total. The van der Waals surface area contributed by atoms with Crippen molar-refractivity contribution in [2.75, 3.05) is 10.6 Å². The van der Waals surface area contributed by atoms with Crippen molar-refractivity contribution in [3.8, 4) is 0 Å². The van der Waals surface area contributed by atoms with Crippen molar-refractivity contribution in [2.24, 2.45) is 0 Å². The number of allylic oxidation sites excluding steroid dienone is 2. The standard InChI is InChI=1S/C15H15ClF7N5O/c1-5(14(18,19)20)24-12-26-11(7-3-4-8(16)10(29)9(7)17)27-13(28-12)25-6(2)15(21,22)23/h5-6,8H,3-4H2,1-2H3,(H2,24,25,26,27,28). The van der Waals surface area contributed by atoms with E-state index in [4.69, 9.17) is 11.6 Å². The quantitative estimate of drug-likeness (QED) is 0.517. The minimum absolute atomic E-state index is 0.00173. The van der Waals surface area contributed by atoms with Crippen molar-refractivity contribution in [3.63, 3.8) is 0 Å². The van der Waals surface area contributed by atoms with Gasteiger partial charge in [-0.3, -0.25) is 4.79 Å². The second-order valence-electron chi connectivity index (χ2n) is 6.28. The Bertz CT molecular complexity index is 771. The third-order valence-electron chi connectivity index (χ3n) is 3.99. The number of ketones is 1. The summed E-state index contributed by atoms with van der Waals surface area (Å²) in [6.07, 6.45) is -9.57. The molecule has 2 rings (SSSR count). The van der Waals surface area contributed by atoms with Gasteiger partial charge in [-0.05, 0) is 26.7 Å². The highest BCUT2D eigenvalue weighted by Crippen LogP contribution is 2.33. The van der Waals surface area contributed by atoms with Gasteiger partial charge in [0, 0.05) is 5.57 Å². The van der Waals surface area contributed by atoms with Crippen molar-refractivity contribution in [2.45, 2.75) is 56.5 Å². The number of halogens is 8. The van der Waals surface area contributed by atoms with Crippen molar-refractivity contribution in [1.29, 1.82) is 0 Å². The lowest BCUT2D eigenvalue weighted by molar-refractivity contribution is -0.139. The number of carbonyl (C=O) groups is 1. The van der Waals surface area contributed by atoms with Gasteiger partial charge in [0.1, 0.15) is 12.1 Å². The van der Waals surface area contributed by atoms with Crippen LogP contribution in [0.25, 0.3) is 5.57 Å². The van der Waals surface area contributed by atoms with Crippen LogP contribution >= 0.6 is 11.6 Å². The van der Waals surface area contributed by atoms with E-state index < -0.39 is 59.1 Å². The molecule has 0 aliphatic heterocycles. The Balaban J connectivity index is 2.48. The highest BCUT2D eigenvalue weighted by Gasteiger charge is 2.38. The van der Waals surface area contributed by atoms with Crippen LogP contribution in [0.2, 0.25) is 0 Å². The van der Waals surface area contributed by atoms with Crippen molar-refractivity contribution in [3.05, 3.63) is 11.7 Å². The van der Waals surface area contributed by atoms with Gasteiger partial charge in [0.2, 0.25) is 17.7 Å². The lowest BCUT2D eigenvalue weighted by Crippen LogP contribution is -2.35. The Morgan fingerprint density at radius 1 is 0.966 bits per heavy atom. The van der Waals surface area contributed by atoms with Crippen LogP contribution in [0.4, 0.5) is 42.6 Å². The maximum absolute atomic E-state index is 14.3. The molecule has 3 unspecified atom stereocenters. The number of aromatic nitrogens is 3. The number of Topliss-reactive ketones (excluding diaryl/α,β-unsaturated/α-hetero) is 1. The number of nitrogens with zero attached hydrogens (tertiary/aromatic N) is 3. The predicted molar refractivity (Wildman–Crippen MR) is 90.0 cm³/mol. The van der Waals surface area contributed by atoms with Gasteiger partial charge in [-0.15, -0.1) is 11.6 Å². The normalized spacial score (nSPS) is 20.5. The van der Waals surface area contributed by atoms with Crippen LogP contribution in [0.1, 0.15) is 32.5 Å². The lowest BCUT2D eigenvalue weighted by Gasteiger charge is -2.21. The van der Waals surface area contributed by atoms with E-state index in [0.717, 1.165) is 13.8 Å². The summed E-state index contributed by atoms with van der Waals surface area (Å²) in [5.41, 5.74) is -0.375. The Labute approximate surface area is 164 Å². The van der Waals surface area contributed by atoms with Crippen molar-refractivity contribution < 1.29 is 35.5 Å². The molecule has 0 radical (unpaired) electrons. The van der Waals surface area contributed by atoms with Gasteiger partial charge in [0.15, 0.2) is 11.7 Å². The molecule has 3 atom stereocenters. The molecule has 0 fully saturated rings. The number of hydrogen-bond donors (Lipinski definition) is 2. The zero-order valence-corrected chi connectivity index (χ0v) is 15.7. The monoisotopic (exact) mass is 449 g/mol. The molecule has 1 aromatic rings. The van der Waals surface area contributed by atoms with Gasteiger partial charge in [-0.25, -0.2) is 4.39 Å². The third-order valence-corrected chi connectivity index (χ3v) is 4.41. The highest BCUT2D eigenvalue weighted by atomic mass is 35.5. The second-order valence-corrected chi connectivity index (χ2v) is 6.81. The summed E-state index contributed by atoms with van der Waals surface area (Å²) in [5, 5.41) is 2.63. The number of anilines is 2. The summed E-state index contributed by atoms with van der Waals surface area (Å²) in [6, 6.07) is -4.32. The summed E-state index contributed by atoms with van der Waals surface area (Å²) < 4.78 is 91.0. The smallest absolute Gasteiger partial charge is 0.343 e. The fourth-order valence-corrected chi connectivity index (χ4v) is 2.40. The van der Waals surface area contributed by atoms with E-state index >= 15 is 0 Å². The number of carbonyl (C=O) groups excluding carboxylic acids is 1. The van der Waals surface area contributed by atoms with Gasteiger partial charge in [-0.1, -0.05) is 0 Å². The van der Waals surface area contributed by atoms with Gasteiger partial charge >= 0.3 is 12.4 Å². The van der Waals surface area contributed by atoms with Crippen molar-refractivity contribution >= 4 is 34.9 Å². The maximum atomic E-state index is 14.3. The van der Waals surface area contributed by atoms with Crippen LogP contribution in [0.5, 0.6) is 0 Å². The molecule has 1 heterocycles. The maximum Gasteiger partial charge on any atom is 0.408 e. The van der Waals surface area contributed by atoms with E-state index in [2.05, 4.69) is 15.0 Å². The van der Waals surface area contributed by atoms with Gasteiger partial charge in [0.05, 0.1) is 5.38 Å². The van der Waals surface area contributed by atoms with Crippen molar-refractivity contribution in [1.82, 2.24) is 15.0 Å². The molecule has 2 N–H and O–H groups in total. The second kappa shape index (κ2) is 8.28. The third kappa shape index (κ3) is 5.67. The molecule has 0 saturated heterocycles. The molecule has 0 bridgehead atoms. The zero-order chi connectivity index (χ0) is 22.1. The molecule has 0 amide bonds. The summed E-state index contributed by atoms with van der Waals surface area (Å²) in [7, 11) is 0. The van der Waals surface area contributed by atoms with E-state index in [1.54, 1.807) is 0 Å². The molecule has 162 valence electrons. The van der Waals surface area contributed by atoms with E-state index in [9.17, 15) is 35.5 Å². The van der Waals surface area contributed by atoms with Gasteiger partial charge in [0.25, 0.3) is 0 Å². The van der Waals surface area contributed by atoms with E-state index in [1.165, 1.54) is 0 Å².